The van der Waals surface area contributed by atoms with Gasteiger partial charge in [-0.2, -0.15) is 0 Å². The van der Waals surface area contributed by atoms with Gasteiger partial charge in [-0.3, -0.25) is 0 Å². The maximum absolute atomic E-state index is 13.2. The lowest BCUT2D eigenvalue weighted by Crippen LogP contribution is -1.82. The van der Waals surface area contributed by atoms with Crippen LogP contribution in [0.15, 0.2) is 36.4 Å². The normalized spacial score (nSPS) is 10.3. The Morgan fingerprint density at radius 1 is 1.13 bits per heavy atom. The molecule has 15 heavy (non-hydrogen) atoms. The SMILES string of the molecule is Fc1cc(-c2ccc[c]c2Cl)ccc1Cl. The van der Waals surface area contributed by atoms with E-state index in [1.807, 2.05) is 6.07 Å². The van der Waals surface area contributed by atoms with Crippen LogP contribution in [0.5, 0.6) is 0 Å². The van der Waals surface area contributed by atoms with Gasteiger partial charge in [-0.15, -0.1) is 0 Å². The molecule has 0 amide bonds. The van der Waals surface area contributed by atoms with Crippen LogP contribution in [0.2, 0.25) is 10.0 Å². The van der Waals surface area contributed by atoms with Crippen molar-refractivity contribution < 1.29 is 4.39 Å². The van der Waals surface area contributed by atoms with Gasteiger partial charge in [0.15, 0.2) is 0 Å². The van der Waals surface area contributed by atoms with Crippen LogP contribution in [0.1, 0.15) is 0 Å². The van der Waals surface area contributed by atoms with Gasteiger partial charge >= 0.3 is 0 Å². The molecular weight excluding hydrogens is 234 g/mol. The van der Waals surface area contributed by atoms with Gasteiger partial charge in [0, 0.05) is 11.6 Å². The molecule has 0 aliphatic heterocycles. The van der Waals surface area contributed by atoms with Crippen molar-refractivity contribution in [2.45, 2.75) is 0 Å². The highest BCUT2D eigenvalue weighted by molar-refractivity contribution is 6.33. The summed E-state index contributed by atoms with van der Waals surface area (Å²) in [5, 5.41) is 0.578. The Labute approximate surface area is 97.3 Å². The van der Waals surface area contributed by atoms with Gasteiger partial charge in [-0.1, -0.05) is 47.5 Å². The number of hydrogen-bond acceptors (Lipinski definition) is 0. The first kappa shape index (κ1) is 10.5. The standard InChI is InChI=1S/C12H6Cl2F/c13-10-4-2-1-3-9(10)8-5-6-11(14)12(15)7-8/h1-3,5-7H. The van der Waals surface area contributed by atoms with Crippen molar-refractivity contribution >= 4 is 23.2 Å². The average Bonchev–Trinajstić information content (AvgIpc) is 2.23. The molecule has 2 aromatic carbocycles. The van der Waals surface area contributed by atoms with E-state index in [-0.39, 0.29) is 5.02 Å². The molecule has 0 saturated heterocycles. The summed E-state index contributed by atoms with van der Waals surface area (Å²) in [4.78, 5) is 0. The highest BCUT2D eigenvalue weighted by atomic mass is 35.5. The topological polar surface area (TPSA) is 0 Å². The zero-order chi connectivity index (χ0) is 10.8. The smallest absolute Gasteiger partial charge is 0.142 e. The molecule has 3 heteroatoms. The molecule has 0 aliphatic carbocycles. The van der Waals surface area contributed by atoms with Crippen LogP contribution in [-0.4, -0.2) is 0 Å². The highest BCUT2D eigenvalue weighted by Gasteiger charge is 2.05. The largest absolute Gasteiger partial charge is 0.205 e. The van der Waals surface area contributed by atoms with E-state index in [9.17, 15) is 4.39 Å². The second-order valence-electron chi connectivity index (χ2n) is 3.03. The molecule has 0 bridgehead atoms. The first-order valence-corrected chi connectivity index (χ1v) is 5.05. The van der Waals surface area contributed by atoms with Crippen molar-refractivity contribution in [2.24, 2.45) is 0 Å². The highest BCUT2D eigenvalue weighted by Crippen LogP contribution is 2.29. The minimum Gasteiger partial charge on any atom is -0.205 e. The monoisotopic (exact) mass is 239 g/mol. The van der Waals surface area contributed by atoms with Crippen LogP contribution in [0.4, 0.5) is 4.39 Å². The Balaban J connectivity index is 2.55. The summed E-state index contributed by atoms with van der Waals surface area (Å²) in [7, 11) is 0. The van der Waals surface area contributed by atoms with Crippen molar-refractivity contribution in [1.82, 2.24) is 0 Å². The molecule has 2 aromatic rings. The quantitative estimate of drug-likeness (QED) is 0.683. The van der Waals surface area contributed by atoms with E-state index in [0.29, 0.717) is 10.6 Å². The van der Waals surface area contributed by atoms with Gasteiger partial charge in [0.05, 0.1) is 10.0 Å². The van der Waals surface area contributed by atoms with E-state index in [4.69, 9.17) is 23.2 Å². The lowest BCUT2D eigenvalue weighted by molar-refractivity contribution is 0.629. The molecule has 2 rings (SSSR count). The Morgan fingerprint density at radius 3 is 2.60 bits per heavy atom. The molecule has 0 atom stereocenters. The third-order valence-corrected chi connectivity index (χ3v) is 2.66. The number of benzene rings is 2. The van der Waals surface area contributed by atoms with E-state index in [2.05, 4.69) is 6.07 Å². The maximum Gasteiger partial charge on any atom is 0.142 e. The summed E-state index contributed by atoms with van der Waals surface area (Å²) in [6, 6.07) is 12.7. The Kier molecular flexibility index (Phi) is 2.94. The molecule has 1 radical (unpaired) electrons. The predicted molar refractivity (Wildman–Crippen MR) is 60.7 cm³/mol. The predicted octanol–water partition coefficient (Wildman–Crippen LogP) is 4.60. The van der Waals surface area contributed by atoms with Gasteiger partial charge < -0.3 is 0 Å². The third kappa shape index (κ3) is 2.14. The fraction of sp³-hybridized carbons (Fsp3) is 0. The van der Waals surface area contributed by atoms with Crippen LogP contribution in [0, 0.1) is 11.9 Å². The molecule has 0 heterocycles. The molecule has 0 unspecified atom stereocenters. The van der Waals surface area contributed by atoms with E-state index in [1.54, 1.807) is 18.2 Å². The van der Waals surface area contributed by atoms with Crippen molar-refractivity contribution in [3.8, 4) is 11.1 Å². The third-order valence-electron chi connectivity index (χ3n) is 2.04. The summed E-state index contributed by atoms with van der Waals surface area (Å²) in [6.45, 7) is 0. The molecule has 0 saturated carbocycles. The molecule has 0 nitrogen and oxygen atoms in total. The number of hydrogen-bond donors (Lipinski definition) is 0. The zero-order valence-electron chi connectivity index (χ0n) is 7.60. The fourth-order valence-electron chi connectivity index (χ4n) is 1.30. The molecule has 0 fully saturated rings. The van der Waals surface area contributed by atoms with Gasteiger partial charge in [0.2, 0.25) is 0 Å². The summed E-state index contributed by atoms with van der Waals surface area (Å²) in [5.74, 6) is -0.450. The lowest BCUT2D eigenvalue weighted by atomic mass is 10.1. The van der Waals surface area contributed by atoms with E-state index in [0.717, 1.165) is 5.56 Å². The fourth-order valence-corrected chi connectivity index (χ4v) is 1.66. The number of rotatable bonds is 1. The number of halogens is 3. The van der Waals surface area contributed by atoms with Crippen molar-refractivity contribution in [1.29, 1.82) is 0 Å². The van der Waals surface area contributed by atoms with Gasteiger partial charge in [0.1, 0.15) is 5.82 Å². The summed E-state index contributed by atoms with van der Waals surface area (Å²) in [6.07, 6.45) is 0. The van der Waals surface area contributed by atoms with Crippen LogP contribution < -0.4 is 0 Å². The van der Waals surface area contributed by atoms with Crippen molar-refractivity contribution in [3.63, 3.8) is 0 Å². The van der Waals surface area contributed by atoms with Crippen molar-refractivity contribution in [3.05, 3.63) is 58.3 Å². The summed E-state index contributed by atoms with van der Waals surface area (Å²) in [5.41, 5.74) is 1.44. The molecule has 0 N–H and O–H groups in total. The summed E-state index contributed by atoms with van der Waals surface area (Å²) < 4.78 is 13.2. The average molecular weight is 240 g/mol. The second-order valence-corrected chi connectivity index (χ2v) is 3.81. The molecule has 0 aromatic heterocycles. The van der Waals surface area contributed by atoms with E-state index >= 15 is 0 Å². The van der Waals surface area contributed by atoms with Crippen molar-refractivity contribution in [2.75, 3.05) is 0 Å². The second kappa shape index (κ2) is 4.21. The lowest BCUT2D eigenvalue weighted by Gasteiger charge is -2.04. The van der Waals surface area contributed by atoms with Crippen LogP contribution >= 0.6 is 23.2 Å². The Morgan fingerprint density at radius 2 is 1.93 bits per heavy atom. The van der Waals surface area contributed by atoms with Crippen LogP contribution in [0.3, 0.4) is 0 Å². The van der Waals surface area contributed by atoms with Crippen LogP contribution in [0.25, 0.3) is 11.1 Å². The minimum absolute atomic E-state index is 0.106. The first-order valence-electron chi connectivity index (χ1n) is 4.30. The van der Waals surface area contributed by atoms with E-state index in [1.165, 1.54) is 12.1 Å². The molecule has 75 valence electrons. The minimum atomic E-state index is -0.450. The summed E-state index contributed by atoms with van der Waals surface area (Å²) >= 11 is 11.5. The van der Waals surface area contributed by atoms with Gasteiger partial charge in [0.25, 0.3) is 0 Å². The Hall–Kier alpha value is -1.05. The first-order chi connectivity index (χ1) is 7.18. The maximum atomic E-state index is 13.2. The zero-order valence-corrected chi connectivity index (χ0v) is 9.11. The molecular formula is C12H6Cl2F. The van der Waals surface area contributed by atoms with Crippen LogP contribution in [-0.2, 0) is 0 Å². The van der Waals surface area contributed by atoms with Gasteiger partial charge in [-0.05, 0) is 17.7 Å². The molecule has 0 aliphatic rings. The van der Waals surface area contributed by atoms with E-state index < -0.39 is 5.82 Å². The molecule has 0 spiro atoms. The van der Waals surface area contributed by atoms with Gasteiger partial charge in [-0.25, -0.2) is 4.39 Å². The Bertz CT molecular complexity index is 495.